The molecule has 0 bridgehead atoms. The van der Waals surface area contributed by atoms with Crippen molar-refractivity contribution in [2.45, 2.75) is 31.7 Å². The molecule has 0 amide bonds. The van der Waals surface area contributed by atoms with E-state index >= 15 is 0 Å². The molecule has 0 aromatic rings. The molecule has 0 radical (unpaired) electrons. The fourth-order valence-electron chi connectivity index (χ4n) is 1.97. The van der Waals surface area contributed by atoms with Crippen molar-refractivity contribution in [1.82, 2.24) is 5.32 Å². The Morgan fingerprint density at radius 3 is 2.50 bits per heavy atom. The molecule has 1 saturated carbocycles. The van der Waals surface area contributed by atoms with Crippen LogP contribution >= 0.6 is 0 Å². The summed E-state index contributed by atoms with van der Waals surface area (Å²) in [7, 11) is 3.14. The van der Waals surface area contributed by atoms with E-state index in [4.69, 9.17) is 4.74 Å². The van der Waals surface area contributed by atoms with E-state index in [2.05, 4.69) is 5.32 Å². The van der Waals surface area contributed by atoms with Gasteiger partial charge in [0.25, 0.3) is 0 Å². The van der Waals surface area contributed by atoms with Crippen LogP contribution in [0.1, 0.15) is 25.7 Å². The van der Waals surface area contributed by atoms with Crippen molar-refractivity contribution in [3.05, 3.63) is 0 Å². The van der Waals surface area contributed by atoms with Gasteiger partial charge in [0.05, 0.1) is 7.11 Å². The topological polar surface area (TPSA) is 55.4 Å². The van der Waals surface area contributed by atoms with Crippen molar-refractivity contribution in [3.63, 3.8) is 0 Å². The van der Waals surface area contributed by atoms with Crippen molar-refractivity contribution >= 4 is 11.8 Å². The summed E-state index contributed by atoms with van der Waals surface area (Å²) in [5.74, 6) is 0.318. The standard InChI is InChI=1S/C10H17NO3/c1-11-9(10(13)14-2)7-3-5-8(12)6-4-7/h7,9,11H,3-6H2,1-2H3. The average molecular weight is 199 g/mol. The van der Waals surface area contributed by atoms with Gasteiger partial charge in [-0.3, -0.25) is 9.59 Å². The zero-order valence-corrected chi connectivity index (χ0v) is 8.71. The fourth-order valence-corrected chi connectivity index (χ4v) is 1.97. The summed E-state index contributed by atoms with van der Waals surface area (Å²) in [4.78, 5) is 22.4. The third-order valence-electron chi connectivity index (χ3n) is 2.83. The first-order chi connectivity index (χ1) is 6.69. The van der Waals surface area contributed by atoms with Gasteiger partial charge >= 0.3 is 5.97 Å². The van der Waals surface area contributed by atoms with Gasteiger partial charge in [-0.25, -0.2) is 0 Å². The molecule has 0 aromatic carbocycles. The highest BCUT2D eigenvalue weighted by Crippen LogP contribution is 2.24. The number of rotatable bonds is 3. The number of hydrogen-bond donors (Lipinski definition) is 1. The smallest absolute Gasteiger partial charge is 0.323 e. The fraction of sp³-hybridized carbons (Fsp3) is 0.800. The van der Waals surface area contributed by atoms with Gasteiger partial charge in [0.2, 0.25) is 0 Å². The van der Waals surface area contributed by atoms with Gasteiger partial charge < -0.3 is 10.1 Å². The van der Waals surface area contributed by atoms with Crippen molar-refractivity contribution in [2.24, 2.45) is 5.92 Å². The third kappa shape index (κ3) is 2.54. The third-order valence-corrected chi connectivity index (χ3v) is 2.83. The molecule has 1 rings (SSSR count). The second-order valence-corrected chi connectivity index (χ2v) is 3.67. The first-order valence-electron chi connectivity index (χ1n) is 4.95. The molecule has 1 atom stereocenters. The minimum atomic E-state index is -0.256. The van der Waals surface area contributed by atoms with Crippen LogP contribution in [0.25, 0.3) is 0 Å². The quantitative estimate of drug-likeness (QED) is 0.673. The van der Waals surface area contributed by atoms with Crippen LogP contribution in [-0.4, -0.2) is 32.0 Å². The van der Waals surface area contributed by atoms with E-state index in [9.17, 15) is 9.59 Å². The van der Waals surface area contributed by atoms with Gasteiger partial charge in [-0.15, -0.1) is 0 Å². The number of ketones is 1. The van der Waals surface area contributed by atoms with Gasteiger partial charge in [-0.05, 0) is 25.8 Å². The number of Topliss-reactive ketones (excluding diaryl/α,β-unsaturated/α-hetero) is 1. The highest BCUT2D eigenvalue weighted by molar-refractivity contribution is 5.80. The van der Waals surface area contributed by atoms with Crippen LogP contribution in [0.5, 0.6) is 0 Å². The second kappa shape index (κ2) is 5.10. The minimum absolute atomic E-state index is 0.230. The minimum Gasteiger partial charge on any atom is -0.468 e. The van der Waals surface area contributed by atoms with E-state index in [0.717, 1.165) is 12.8 Å². The maximum Gasteiger partial charge on any atom is 0.323 e. The monoisotopic (exact) mass is 199 g/mol. The predicted octanol–water partition coefficient (Wildman–Crippen LogP) is 0.507. The molecular formula is C10H17NO3. The Kier molecular flexibility index (Phi) is 4.07. The normalized spacial score (nSPS) is 20.6. The van der Waals surface area contributed by atoms with E-state index in [-0.39, 0.29) is 17.9 Å². The number of nitrogens with one attached hydrogen (secondary N) is 1. The number of esters is 1. The summed E-state index contributed by atoms with van der Waals surface area (Å²) < 4.78 is 4.70. The van der Waals surface area contributed by atoms with Crippen molar-refractivity contribution in [1.29, 1.82) is 0 Å². The lowest BCUT2D eigenvalue weighted by Crippen LogP contribution is -2.43. The summed E-state index contributed by atoms with van der Waals surface area (Å²) in [6.45, 7) is 0. The number of ether oxygens (including phenoxy) is 1. The Labute approximate surface area is 84.0 Å². The summed E-state index contributed by atoms with van der Waals surface area (Å²) in [6, 6.07) is -0.256. The Hall–Kier alpha value is -0.900. The molecule has 1 fully saturated rings. The number of carbonyl (C=O) groups is 2. The zero-order valence-electron chi connectivity index (χ0n) is 8.71. The van der Waals surface area contributed by atoms with Crippen LogP contribution < -0.4 is 5.32 Å². The lowest BCUT2D eigenvalue weighted by molar-refractivity contribution is -0.145. The predicted molar refractivity (Wildman–Crippen MR) is 51.8 cm³/mol. The lowest BCUT2D eigenvalue weighted by Gasteiger charge is -2.27. The van der Waals surface area contributed by atoms with Gasteiger partial charge in [0.15, 0.2) is 0 Å². The Bertz CT molecular complexity index is 217. The van der Waals surface area contributed by atoms with E-state index in [1.54, 1.807) is 7.05 Å². The lowest BCUT2D eigenvalue weighted by atomic mass is 9.83. The van der Waals surface area contributed by atoms with Crippen LogP contribution in [0.15, 0.2) is 0 Å². The Morgan fingerprint density at radius 2 is 2.07 bits per heavy atom. The van der Waals surface area contributed by atoms with Gasteiger partial charge in [-0.1, -0.05) is 0 Å². The molecule has 4 heteroatoms. The van der Waals surface area contributed by atoms with Crippen LogP contribution in [0.3, 0.4) is 0 Å². The molecule has 0 spiro atoms. The van der Waals surface area contributed by atoms with E-state index in [0.29, 0.717) is 18.6 Å². The van der Waals surface area contributed by atoms with Gasteiger partial charge in [0.1, 0.15) is 11.8 Å². The van der Waals surface area contributed by atoms with Gasteiger partial charge in [0, 0.05) is 12.8 Å². The molecule has 1 aliphatic carbocycles. The molecule has 0 aromatic heterocycles. The molecule has 1 N–H and O–H groups in total. The first-order valence-corrected chi connectivity index (χ1v) is 4.95. The molecule has 0 saturated heterocycles. The maximum atomic E-state index is 11.4. The largest absolute Gasteiger partial charge is 0.468 e. The zero-order chi connectivity index (χ0) is 10.6. The highest BCUT2D eigenvalue weighted by atomic mass is 16.5. The second-order valence-electron chi connectivity index (χ2n) is 3.67. The molecule has 0 heterocycles. The van der Waals surface area contributed by atoms with E-state index < -0.39 is 0 Å². The summed E-state index contributed by atoms with van der Waals surface area (Å²) in [5, 5.41) is 2.95. The average Bonchev–Trinajstić information content (AvgIpc) is 2.21. The Morgan fingerprint density at radius 1 is 1.50 bits per heavy atom. The van der Waals surface area contributed by atoms with Crippen molar-refractivity contribution in [2.75, 3.05) is 14.2 Å². The molecule has 1 unspecified atom stereocenters. The number of likely N-dealkylation sites (N-methyl/N-ethyl adjacent to an activating group) is 1. The molecule has 80 valence electrons. The first kappa shape index (κ1) is 11.2. The summed E-state index contributed by atoms with van der Waals surface area (Å²) in [6.07, 6.45) is 2.78. The molecular weight excluding hydrogens is 182 g/mol. The van der Waals surface area contributed by atoms with Crippen molar-refractivity contribution in [3.8, 4) is 0 Å². The highest BCUT2D eigenvalue weighted by Gasteiger charge is 2.30. The maximum absolute atomic E-state index is 11.4. The Balaban J connectivity index is 2.52. The summed E-state index contributed by atoms with van der Waals surface area (Å²) in [5.41, 5.74) is 0. The molecule has 14 heavy (non-hydrogen) atoms. The molecule has 1 aliphatic rings. The molecule has 4 nitrogen and oxygen atoms in total. The number of hydrogen-bond acceptors (Lipinski definition) is 4. The number of carbonyl (C=O) groups excluding carboxylic acids is 2. The van der Waals surface area contributed by atoms with Crippen LogP contribution in [0, 0.1) is 5.92 Å². The van der Waals surface area contributed by atoms with Crippen LogP contribution in [0.2, 0.25) is 0 Å². The van der Waals surface area contributed by atoms with Crippen molar-refractivity contribution < 1.29 is 14.3 Å². The SMILES string of the molecule is CNC(C(=O)OC)C1CCC(=O)CC1. The van der Waals surface area contributed by atoms with E-state index in [1.807, 2.05) is 0 Å². The van der Waals surface area contributed by atoms with Crippen LogP contribution in [-0.2, 0) is 14.3 Å². The van der Waals surface area contributed by atoms with Gasteiger partial charge in [-0.2, -0.15) is 0 Å². The molecule has 0 aliphatic heterocycles. The van der Waals surface area contributed by atoms with E-state index in [1.165, 1.54) is 7.11 Å². The van der Waals surface area contributed by atoms with Crippen LogP contribution in [0.4, 0.5) is 0 Å². The summed E-state index contributed by atoms with van der Waals surface area (Å²) >= 11 is 0. The number of methoxy groups -OCH3 is 1.